The van der Waals surface area contributed by atoms with Gasteiger partial charge in [0.2, 0.25) is 0 Å². The number of benzene rings is 1. The molecule has 0 aliphatic heterocycles. The monoisotopic (exact) mass is 223 g/mol. The Morgan fingerprint density at radius 1 is 1.36 bits per heavy atom. The molecule has 0 spiro atoms. The molecule has 6 heteroatoms. The van der Waals surface area contributed by atoms with Gasteiger partial charge < -0.3 is 5.32 Å². The molecule has 1 aromatic rings. The van der Waals surface area contributed by atoms with Crippen molar-refractivity contribution in [3.63, 3.8) is 0 Å². The first-order chi connectivity index (χ1) is 6.49. The second kappa shape index (κ2) is 4.32. The highest BCUT2D eigenvalue weighted by Crippen LogP contribution is 2.18. The maximum atomic E-state index is 12.7. The van der Waals surface area contributed by atoms with Crippen molar-refractivity contribution in [1.82, 2.24) is 0 Å². The molecule has 0 unspecified atom stereocenters. The lowest BCUT2D eigenvalue weighted by Gasteiger charge is -2.04. The Labute approximate surface area is 82.7 Å². The molecule has 0 radical (unpaired) electrons. The fourth-order valence-electron chi connectivity index (χ4n) is 0.823. The standard InChI is InChI=1S/C8H5ClF3NO/c9-4-1-5(10)3-6(2-4)13-8(14)7(11)12/h1-3,7H,(H,13,14). The molecule has 0 atom stereocenters. The zero-order valence-corrected chi connectivity index (χ0v) is 7.49. The number of rotatable bonds is 2. The summed E-state index contributed by atoms with van der Waals surface area (Å²) in [4.78, 5) is 10.5. The molecule has 0 heterocycles. The lowest BCUT2D eigenvalue weighted by Crippen LogP contribution is -2.20. The second-order valence-corrected chi connectivity index (χ2v) is 2.88. The number of carbonyl (C=O) groups is 1. The minimum absolute atomic E-state index is 0.0227. The molecule has 0 aliphatic rings. The van der Waals surface area contributed by atoms with Crippen molar-refractivity contribution in [2.75, 3.05) is 5.32 Å². The SMILES string of the molecule is O=C(Nc1cc(F)cc(Cl)c1)C(F)F. The van der Waals surface area contributed by atoms with Gasteiger partial charge in [0.05, 0.1) is 0 Å². The van der Waals surface area contributed by atoms with E-state index in [0.717, 1.165) is 12.1 Å². The maximum absolute atomic E-state index is 12.7. The highest BCUT2D eigenvalue weighted by molar-refractivity contribution is 6.30. The van der Waals surface area contributed by atoms with Crippen LogP contribution in [0.5, 0.6) is 0 Å². The molecule has 1 N–H and O–H groups in total. The molecule has 0 bridgehead atoms. The Hall–Kier alpha value is -1.23. The van der Waals surface area contributed by atoms with E-state index in [1.165, 1.54) is 6.07 Å². The van der Waals surface area contributed by atoms with E-state index in [2.05, 4.69) is 0 Å². The molecule has 14 heavy (non-hydrogen) atoms. The third kappa shape index (κ3) is 2.92. The summed E-state index contributed by atoms with van der Waals surface area (Å²) in [7, 11) is 0. The zero-order valence-electron chi connectivity index (χ0n) is 6.73. The molecule has 1 rings (SSSR count). The van der Waals surface area contributed by atoms with E-state index in [1.54, 1.807) is 0 Å². The highest BCUT2D eigenvalue weighted by Gasteiger charge is 2.15. The lowest BCUT2D eigenvalue weighted by atomic mass is 10.3. The highest BCUT2D eigenvalue weighted by atomic mass is 35.5. The molecule has 0 aromatic heterocycles. The third-order valence-electron chi connectivity index (χ3n) is 1.33. The van der Waals surface area contributed by atoms with E-state index in [-0.39, 0.29) is 10.7 Å². The summed E-state index contributed by atoms with van der Waals surface area (Å²) in [6.45, 7) is 0. The van der Waals surface area contributed by atoms with Gasteiger partial charge in [-0.1, -0.05) is 11.6 Å². The van der Waals surface area contributed by atoms with Crippen LogP contribution < -0.4 is 5.32 Å². The maximum Gasteiger partial charge on any atom is 0.315 e. The van der Waals surface area contributed by atoms with Crippen LogP contribution in [0.4, 0.5) is 18.9 Å². The molecule has 0 aliphatic carbocycles. The predicted molar refractivity (Wildman–Crippen MR) is 46.0 cm³/mol. The number of hydrogen-bond donors (Lipinski definition) is 1. The molecule has 2 nitrogen and oxygen atoms in total. The van der Waals surface area contributed by atoms with Gasteiger partial charge in [-0.05, 0) is 18.2 Å². The van der Waals surface area contributed by atoms with E-state index in [9.17, 15) is 18.0 Å². The van der Waals surface area contributed by atoms with Gasteiger partial charge in [0.25, 0.3) is 5.91 Å². The smallest absolute Gasteiger partial charge is 0.315 e. The van der Waals surface area contributed by atoms with Gasteiger partial charge >= 0.3 is 6.43 Å². The Morgan fingerprint density at radius 2 is 2.00 bits per heavy atom. The van der Waals surface area contributed by atoms with Crippen LogP contribution in [0, 0.1) is 5.82 Å². The first-order valence-corrected chi connectivity index (χ1v) is 3.92. The molecular weight excluding hydrogens is 219 g/mol. The van der Waals surface area contributed by atoms with Crippen LogP contribution in [0.1, 0.15) is 0 Å². The summed E-state index contributed by atoms with van der Waals surface area (Å²) in [5, 5.41) is 1.83. The van der Waals surface area contributed by atoms with Crippen LogP contribution in [-0.4, -0.2) is 12.3 Å². The van der Waals surface area contributed by atoms with E-state index in [4.69, 9.17) is 11.6 Å². The van der Waals surface area contributed by atoms with Crippen molar-refractivity contribution >= 4 is 23.2 Å². The largest absolute Gasteiger partial charge is 0.321 e. The first-order valence-electron chi connectivity index (χ1n) is 3.54. The van der Waals surface area contributed by atoms with Crippen LogP contribution in [0.3, 0.4) is 0 Å². The van der Waals surface area contributed by atoms with Crippen LogP contribution in [0.2, 0.25) is 5.02 Å². The summed E-state index contributed by atoms with van der Waals surface area (Å²) in [5.41, 5.74) is -0.0969. The summed E-state index contributed by atoms with van der Waals surface area (Å²) >= 11 is 5.43. The summed E-state index contributed by atoms with van der Waals surface area (Å²) < 4.78 is 36.2. The van der Waals surface area contributed by atoms with Gasteiger partial charge in [0.15, 0.2) is 0 Å². The van der Waals surface area contributed by atoms with Gasteiger partial charge in [0.1, 0.15) is 5.82 Å². The first kappa shape index (κ1) is 10.8. The predicted octanol–water partition coefficient (Wildman–Crippen LogP) is 2.68. The Morgan fingerprint density at radius 3 is 2.50 bits per heavy atom. The number of halogens is 4. The normalized spacial score (nSPS) is 10.4. The molecule has 1 aromatic carbocycles. The average molecular weight is 224 g/mol. The lowest BCUT2D eigenvalue weighted by molar-refractivity contribution is -0.126. The molecule has 0 saturated heterocycles. The number of hydrogen-bond acceptors (Lipinski definition) is 1. The summed E-state index contributed by atoms with van der Waals surface area (Å²) in [6, 6.07) is 3.07. The molecular formula is C8H5ClF3NO. The second-order valence-electron chi connectivity index (χ2n) is 2.45. The quantitative estimate of drug-likeness (QED) is 0.821. The summed E-state index contributed by atoms with van der Waals surface area (Å²) in [6.07, 6.45) is -3.14. The Balaban J connectivity index is 2.82. The number of nitrogens with one attached hydrogen (secondary N) is 1. The van der Waals surface area contributed by atoms with Gasteiger partial charge in [-0.2, -0.15) is 8.78 Å². The number of anilines is 1. The van der Waals surface area contributed by atoms with Crippen molar-refractivity contribution in [2.45, 2.75) is 6.43 Å². The van der Waals surface area contributed by atoms with Crippen LogP contribution in [0.15, 0.2) is 18.2 Å². The van der Waals surface area contributed by atoms with Gasteiger partial charge in [-0.15, -0.1) is 0 Å². The molecule has 76 valence electrons. The summed E-state index contributed by atoms with van der Waals surface area (Å²) in [5.74, 6) is -2.20. The van der Waals surface area contributed by atoms with E-state index in [1.807, 2.05) is 5.32 Å². The van der Waals surface area contributed by atoms with Crippen molar-refractivity contribution < 1.29 is 18.0 Å². The van der Waals surface area contributed by atoms with E-state index in [0.29, 0.717) is 0 Å². The average Bonchev–Trinajstić information content (AvgIpc) is 2.01. The third-order valence-corrected chi connectivity index (χ3v) is 1.55. The van der Waals surface area contributed by atoms with E-state index >= 15 is 0 Å². The van der Waals surface area contributed by atoms with Crippen molar-refractivity contribution in [3.8, 4) is 0 Å². The minimum Gasteiger partial charge on any atom is -0.321 e. The van der Waals surface area contributed by atoms with Crippen LogP contribution >= 0.6 is 11.6 Å². The number of alkyl halides is 2. The minimum atomic E-state index is -3.14. The topological polar surface area (TPSA) is 29.1 Å². The van der Waals surface area contributed by atoms with Crippen molar-refractivity contribution in [3.05, 3.63) is 29.0 Å². The van der Waals surface area contributed by atoms with E-state index < -0.39 is 18.1 Å². The Bertz CT molecular complexity index is 336. The fourth-order valence-corrected chi connectivity index (χ4v) is 1.04. The van der Waals surface area contributed by atoms with Crippen LogP contribution in [0.25, 0.3) is 0 Å². The number of carbonyl (C=O) groups excluding carboxylic acids is 1. The van der Waals surface area contributed by atoms with Gasteiger partial charge in [0, 0.05) is 10.7 Å². The molecule has 0 fully saturated rings. The molecule has 1 amide bonds. The van der Waals surface area contributed by atoms with Crippen molar-refractivity contribution in [1.29, 1.82) is 0 Å². The van der Waals surface area contributed by atoms with Gasteiger partial charge in [-0.3, -0.25) is 4.79 Å². The number of amides is 1. The van der Waals surface area contributed by atoms with Crippen molar-refractivity contribution in [2.24, 2.45) is 0 Å². The molecule has 0 saturated carbocycles. The van der Waals surface area contributed by atoms with Crippen LogP contribution in [-0.2, 0) is 4.79 Å². The fraction of sp³-hybridized carbons (Fsp3) is 0.125. The van der Waals surface area contributed by atoms with Gasteiger partial charge in [-0.25, -0.2) is 4.39 Å². The zero-order chi connectivity index (χ0) is 10.7. The Kier molecular flexibility index (Phi) is 3.35.